The summed E-state index contributed by atoms with van der Waals surface area (Å²) in [5, 5.41) is 3.33. The van der Waals surface area contributed by atoms with E-state index in [1.54, 1.807) is 0 Å². The van der Waals surface area contributed by atoms with Gasteiger partial charge in [0.1, 0.15) is 12.4 Å². The Morgan fingerprint density at radius 2 is 1.74 bits per heavy atom. The lowest BCUT2D eigenvalue weighted by Gasteiger charge is -2.23. The fourth-order valence-electron chi connectivity index (χ4n) is 2.05. The van der Waals surface area contributed by atoms with Gasteiger partial charge in [-0.25, -0.2) is 0 Å². The molecule has 0 aliphatic carbocycles. The van der Waals surface area contributed by atoms with Gasteiger partial charge in [-0.15, -0.1) is 0 Å². The van der Waals surface area contributed by atoms with Gasteiger partial charge in [-0.3, -0.25) is 0 Å². The average molecular weight is 263 g/mol. The van der Waals surface area contributed by atoms with Crippen molar-refractivity contribution in [1.29, 1.82) is 0 Å². The maximum atomic E-state index is 5.89. The van der Waals surface area contributed by atoms with Crippen molar-refractivity contribution in [3.63, 3.8) is 0 Å². The monoisotopic (exact) mass is 263 g/mol. The van der Waals surface area contributed by atoms with E-state index in [-0.39, 0.29) is 5.41 Å². The fraction of sp³-hybridized carbons (Fsp3) is 0.647. The number of benzene rings is 1. The molecule has 0 aliphatic rings. The highest BCUT2D eigenvalue weighted by Gasteiger charge is 2.15. The molecule has 0 radical (unpaired) electrons. The Bertz CT molecular complexity index is 364. The number of rotatable bonds is 6. The van der Waals surface area contributed by atoms with E-state index < -0.39 is 0 Å². The van der Waals surface area contributed by atoms with Crippen molar-refractivity contribution < 1.29 is 4.74 Å². The third kappa shape index (κ3) is 4.87. The van der Waals surface area contributed by atoms with Gasteiger partial charge >= 0.3 is 0 Å². The van der Waals surface area contributed by atoms with Crippen molar-refractivity contribution in [2.75, 3.05) is 13.7 Å². The molecule has 1 N–H and O–H groups in total. The summed E-state index contributed by atoms with van der Waals surface area (Å²) in [6.07, 6.45) is 1.16. The van der Waals surface area contributed by atoms with Crippen LogP contribution in [0.2, 0.25) is 0 Å². The molecule has 2 nitrogen and oxygen atoms in total. The summed E-state index contributed by atoms with van der Waals surface area (Å²) in [5.74, 6) is 1.58. The minimum Gasteiger partial charge on any atom is -0.492 e. The van der Waals surface area contributed by atoms with Gasteiger partial charge in [0.15, 0.2) is 0 Å². The van der Waals surface area contributed by atoms with E-state index in [0.717, 1.165) is 18.8 Å². The van der Waals surface area contributed by atoms with Crippen molar-refractivity contribution >= 4 is 0 Å². The number of hydrogen-bond donors (Lipinski definition) is 1. The molecule has 0 fully saturated rings. The molecule has 19 heavy (non-hydrogen) atoms. The predicted octanol–water partition coefficient (Wildman–Crippen LogP) is 4.00. The highest BCUT2D eigenvalue weighted by Crippen LogP contribution is 2.24. The number of nitrogens with one attached hydrogen (secondary N) is 1. The van der Waals surface area contributed by atoms with E-state index in [0.29, 0.717) is 12.0 Å². The molecule has 0 bridgehead atoms. The van der Waals surface area contributed by atoms with E-state index in [1.165, 1.54) is 5.56 Å². The molecule has 0 aliphatic heterocycles. The number of likely N-dealkylation sites (N-methyl/N-ethyl adjacent to an activating group) is 1. The largest absolute Gasteiger partial charge is 0.492 e. The van der Waals surface area contributed by atoms with Gasteiger partial charge in [0, 0.05) is 6.04 Å². The summed E-state index contributed by atoms with van der Waals surface area (Å²) in [6.45, 7) is 11.9. The van der Waals surface area contributed by atoms with Gasteiger partial charge in [0.05, 0.1) is 0 Å². The summed E-state index contributed by atoms with van der Waals surface area (Å²) in [4.78, 5) is 0. The van der Waals surface area contributed by atoms with Crippen LogP contribution in [-0.2, 0) is 5.41 Å². The zero-order valence-electron chi connectivity index (χ0n) is 13.3. The summed E-state index contributed by atoms with van der Waals surface area (Å²) in [7, 11) is 2.00. The van der Waals surface area contributed by atoms with Crippen LogP contribution in [0.25, 0.3) is 0 Å². The Kier molecular flexibility index (Phi) is 5.86. The van der Waals surface area contributed by atoms with Gasteiger partial charge in [0.2, 0.25) is 0 Å². The minimum atomic E-state index is 0.197. The standard InChI is InChI=1S/C17H29NO/c1-7-13(2)16(18-6)12-19-15-10-8-14(9-11-15)17(3,4)5/h8-11,13,16,18H,7,12H2,1-6H3. The molecular weight excluding hydrogens is 234 g/mol. The zero-order valence-corrected chi connectivity index (χ0v) is 13.3. The van der Waals surface area contributed by atoms with Gasteiger partial charge in [0.25, 0.3) is 0 Å². The second-order valence-electron chi connectivity index (χ2n) is 6.37. The molecule has 2 atom stereocenters. The van der Waals surface area contributed by atoms with Crippen LogP contribution in [0.1, 0.15) is 46.6 Å². The van der Waals surface area contributed by atoms with Crippen LogP contribution in [0.3, 0.4) is 0 Å². The molecule has 1 rings (SSSR count). The highest BCUT2D eigenvalue weighted by atomic mass is 16.5. The van der Waals surface area contributed by atoms with Crippen molar-refractivity contribution in [1.82, 2.24) is 5.32 Å². The molecule has 0 saturated carbocycles. The molecule has 0 amide bonds. The molecule has 108 valence electrons. The molecule has 0 saturated heterocycles. The first-order valence-electron chi connectivity index (χ1n) is 7.29. The first-order valence-corrected chi connectivity index (χ1v) is 7.29. The first kappa shape index (κ1) is 16.0. The second-order valence-corrected chi connectivity index (χ2v) is 6.37. The predicted molar refractivity (Wildman–Crippen MR) is 82.9 cm³/mol. The Morgan fingerprint density at radius 3 is 2.16 bits per heavy atom. The van der Waals surface area contributed by atoms with E-state index in [1.807, 2.05) is 7.05 Å². The van der Waals surface area contributed by atoms with Crippen molar-refractivity contribution in [3.8, 4) is 5.75 Å². The summed E-state index contributed by atoms with van der Waals surface area (Å²) >= 11 is 0. The van der Waals surface area contributed by atoms with Gasteiger partial charge in [-0.1, -0.05) is 53.2 Å². The third-order valence-electron chi connectivity index (χ3n) is 3.85. The topological polar surface area (TPSA) is 21.3 Å². The number of ether oxygens (including phenoxy) is 1. The normalized spacial score (nSPS) is 15.1. The Labute approximate surface area is 118 Å². The Hall–Kier alpha value is -1.02. The summed E-state index contributed by atoms with van der Waals surface area (Å²) in [5.41, 5.74) is 1.54. The average Bonchev–Trinajstić information content (AvgIpc) is 2.38. The molecule has 0 aromatic heterocycles. The van der Waals surface area contributed by atoms with E-state index in [4.69, 9.17) is 4.74 Å². The molecule has 1 aromatic rings. The maximum absolute atomic E-state index is 5.89. The molecule has 0 heterocycles. The van der Waals surface area contributed by atoms with Crippen LogP contribution in [-0.4, -0.2) is 19.7 Å². The summed E-state index contributed by atoms with van der Waals surface area (Å²) < 4.78 is 5.89. The van der Waals surface area contributed by atoms with Crippen LogP contribution >= 0.6 is 0 Å². The minimum absolute atomic E-state index is 0.197. The second kappa shape index (κ2) is 6.95. The molecule has 0 spiro atoms. The van der Waals surface area contributed by atoms with Crippen molar-refractivity contribution in [2.45, 2.75) is 52.5 Å². The van der Waals surface area contributed by atoms with Crippen molar-refractivity contribution in [2.24, 2.45) is 5.92 Å². The fourth-order valence-corrected chi connectivity index (χ4v) is 2.05. The van der Waals surface area contributed by atoms with Gasteiger partial charge in [-0.2, -0.15) is 0 Å². The molecular formula is C17H29NO. The quantitative estimate of drug-likeness (QED) is 0.837. The SMILES string of the molecule is CCC(C)C(COc1ccc(C(C)(C)C)cc1)NC. The third-order valence-corrected chi connectivity index (χ3v) is 3.85. The Morgan fingerprint density at radius 1 is 1.16 bits per heavy atom. The van der Waals surface area contributed by atoms with E-state index in [2.05, 4.69) is 64.2 Å². The van der Waals surface area contributed by atoms with E-state index in [9.17, 15) is 0 Å². The number of hydrogen-bond acceptors (Lipinski definition) is 2. The Balaban J connectivity index is 2.59. The van der Waals surface area contributed by atoms with Gasteiger partial charge in [-0.05, 0) is 36.1 Å². The summed E-state index contributed by atoms with van der Waals surface area (Å²) in [6, 6.07) is 8.88. The highest BCUT2D eigenvalue weighted by molar-refractivity contribution is 5.31. The first-order chi connectivity index (χ1) is 8.88. The van der Waals surface area contributed by atoms with Crippen LogP contribution in [0, 0.1) is 5.92 Å². The van der Waals surface area contributed by atoms with Crippen LogP contribution < -0.4 is 10.1 Å². The lowest BCUT2D eigenvalue weighted by molar-refractivity contribution is 0.228. The lowest BCUT2D eigenvalue weighted by atomic mass is 9.87. The van der Waals surface area contributed by atoms with Crippen LogP contribution in [0.15, 0.2) is 24.3 Å². The molecule has 2 heteroatoms. The van der Waals surface area contributed by atoms with Crippen molar-refractivity contribution in [3.05, 3.63) is 29.8 Å². The van der Waals surface area contributed by atoms with Gasteiger partial charge < -0.3 is 10.1 Å². The molecule has 2 unspecified atom stereocenters. The molecule has 1 aromatic carbocycles. The maximum Gasteiger partial charge on any atom is 0.119 e. The van der Waals surface area contributed by atoms with E-state index >= 15 is 0 Å². The smallest absolute Gasteiger partial charge is 0.119 e. The van der Waals surface area contributed by atoms with Crippen LogP contribution in [0.4, 0.5) is 0 Å². The van der Waals surface area contributed by atoms with Crippen LogP contribution in [0.5, 0.6) is 5.75 Å². The zero-order chi connectivity index (χ0) is 14.5. The lowest BCUT2D eigenvalue weighted by Crippen LogP contribution is -2.37.